The molecule has 2 aliphatic rings. The molecule has 1 unspecified atom stereocenters. The summed E-state index contributed by atoms with van der Waals surface area (Å²) in [5.41, 5.74) is 0.115. The molecule has 1 heterocycles. The summed E-state index contributed by atoms with van der Waals surface area (Å²) in [5.74, 6) is 0. The number of aliphatic imine (C=N–C) groups is 1. The molecule has 1 aliphatic carbocycles. The maximum atomic E-state index is 11.1. The molecule has 2 heteroatoms. The molecule has 2 nitrogen and oxygen atoms in total. The SMILES string of the molecule is OC1(C2(Cc3ccccc3)C=CC=N2)CCCCC1. The fraction of sp³-hybridized carbons (Fsp3) is 0.471. The Labute approximate surface area is 114 Å². The van der Waals surface area contributed by atoms with Crippen molar-refractivity contribution in [3.63, 3.8) is 0 Å². The van der Waals surface area contributed by atoms with Gasteiger partial charge in [0.05, 0.1) is 5.60 Å². The Balaban J connectivity index is 1.91. The van der Waals surface area contributed by atoms with Gasteiger partial charge >= 0.3 is 0 Å². The van der Waals surface area contributed by atoms with Crippen molar-refractivity contribution in [2.75, 3.05) is 0 Å². The van der Waals surface area contributed by atoms with Crippen LogP contribution in [0, 0.1) is 0 Å². The van der Waals surface area contributed by atoms with Crippen molar-refractivity contribution >= 4 is 6.21 Å². The van der Waals surface area contributed by atoms with E-state index >= 15 is 0 Å². The first kappa shape index (κ1) is 12.6. The van der Waals surface area contributed by atoms with E-state index in [-0.39, 0.29) is 0 Å². The normalized spacial score (nSPS) is 28.7. The van der Waals surface area contributed by atoms with Crippen LogP contribution in [-0.4, -0.2) is 22.5 Å². The van der Waals surface area contributed by atoms with Gasteiger partial charge in [-0.15, -0.1) is 0 Å². The summed E-state index contributed by atoms with van der Waals surface area (Å²) in [7, 11) is 0. The Hall–Kier alpha value is -1.41. The minimum atomic E-state index is -0.676. The topological polar surface area (TPSA) is 32.6 Å². The van der Waals surface area contributed by atoms with Crippen LogP contribution >= 0.6 is 0 Å². The third-order valence-corrected chi connectivity index (χ3v) is 4.57. The zero-order valence-corrected chi connectivity index (χ0v) is 11.3. The van der Waals surface area contributed by atoms with Crippen LogP contribution in [0.25, 0.3) is 0 Å². The van der Waals surface area contributed by atoms with Gasteiger partial charge in [0, 0.05) is 12.6 Å². The highest BCUT2D eigenvalue weighted by Crippen LogP contribution is 2.43. The Morgan fingerprint density at radius 3 is 2.42 bits per heavy atom. The summed E-state index contributed by atoms with van der Waals surface area (Å²) in [6.45, 7) is 0. The molecule has 1 N–H and O–H groups in total. The van der Waals surface area contributed by atoms with Gasteiger partial charge in [0.25, 0.3) is 0 Å². The predicted molar refractivity (Wildman–Crippen MR) is 78.5 cm³/mol. The van der Waals surface area contributed by atoms with Crippen LogP contribution in [0.1, 0.15) is 37.7 Å². The number of hydrogen-bond donors (Lipinski definition) is 1. The van der Waals surface area contributed by atoms with Crippen LogP contribution in [0.15, 0.2) is 47.5 Å². The number of benzene rings is 1. The van der Waals surface area contributed by atoms with Gasteiger partial charge in [0.2, 0.25) is 0 Å². The highest BCUT2D eigenvalue weighted by atomic mass is 16.3. The molecule has 3 rings (SSSR count). The largest absolute Gasteiger partial charge is 0.387 e. The second-order valence-electron chi connectivity index (χ2n) is 5.82. The van der Waals surface area contributed by atoms with E-state index in [0.29, 0.717) is 0 Å². The van der Waals surface area contributed by atoms with Gasteiger partial charge in [-0.2, -0.15) is 0 Å². The zero-order chi connectivity index (χ0) is 13.2. The van der Waals surface area contributed by atoms with Gasteiger partial charge in [-0.25, -0.2) is 0 Å². The quantitative estimate of drug-likeness (QED) is 0.883. The standard InChI is InChI=1S/C17H21NO/c19-17(11-5-2-6-12-17)16(10-7-13-18-16)14-15-8-3-1-4-9-15/h1,3-4,7-10,13,19H,2,5-6,11-12,14H2. The van der Waals surface area contributed by atoms with Crippen LogP contribution < -0.4 is 0 Å². The maximum Gasteiger partial charge on any atom is 0.112 e. The monoisotopic (exact) mass is 255 g/mol. The molecule has 1 aromatic carbocycles. The predicted octanol–water partition coefficient (Wildman–Crippen LogP) is 3.30. The second-order valence-corrected chi connectivity index (χ2v) is 5.82. The lowest BCUT2D eigenvalue weighted by Gasteiger charge is -2.44. The molecule has 0 radical (unpaired) electrons. The Morgan fingerprint density at radius 2 is 1.79 bits per heavy atom. The molecule has 19 heavy (non-hydrogen) atoms. The van der Waals surface area contributed by atoms with Gasteiger partial charge in [0.1, 0.15) is 5.54 Å². The molecular weight excluding hydrogens is 234 g/mol. The Bertz CT molecular complexity index is 471. The molecule has 0 saturated heterocycles. The molecule has 1 atom stereocenters. The fourth-order valence-electron chi connectivity index (χ4n) is 3.44. The van der Waals surface area contributed by atoms with Crippen LogP contribution in [0.3, 0.4) is 0 Å². The van der Waals surface area contributed by atoms with Crippen molar-refractivity contribution in [2.45, 2.75) is 49.7 Å². The van der Waals surface area contributed by atoms with E-state index in [4.69, 9.17) is 0 Å². The van der Waals surface area contributed by atoms with Crippen molar-refractivity contribution in [3.05, 3.63) is 48.0 Å². The van der Waals surface area contributed by atoms with Crippen LogP contribution in [0.2, 0.25) is 0 Å². The van der Waals surface area contributed by atoms with Gasteiger partial charge in [-0.05, 0) is 24.5 Å². The molecule has 0 aromatic heterocycles. The Morgan fingerprint density at radius 1 is 1.05 bits per heavy atom. The summed E-state index contributed by atoms with van der Waals surface area (Å²) in [6, 6.07) is 10.4. The van der Waals surface area contributed by atoms with Crippen molar-refractivity contribution in [2.24, 2.45) is 4.99 Å². The molecule has 100 valence electrons. The number of nitrogens with zero attached hydrogens (tertiary/aromatic N) is 1. The molecule has 1 saturated carbocycles. The average molecular weight is 255 g/mol. The smallest absolute Gasteiger partial charge is 0.112 e. The summed E-state index contributed by atoms with van der Waals surface area (Å²) >= 11 is 0. The van der Waals surface area contributed by atoms with E-state index in [0.717, 1.165) is 32.1 Å². The first-order chi connectivity index (χ1) is 9.24. The van der Waals surface area contributed by atoms with Gasteiger partial charge in [0.15, 0.2) is 0 Å². The van der Waals surface area contributed by atoms with Crippen molar-refractivity contribution < 1.29 is 5.11 Å². The lowest BCUT2D eigenvalue weighted by Crippen LogP contribution is -2.53. The average Bonchev–Trinajstić information content (AvgIpc) is 2.91. The van der Waals surface area contributed by atoms with E-state index in [1.165, 1.54) is 12.0 Å². The molecule has 0 amide bonds. The second kappa shape index (κ2) is 4.93. The first-order valence-electron chi connectivity index (χ1n) is 7.24. The summed E-state index contributed by atoms with van der Waals surface area (Å²) in [4.78, 5) is 4.67. The zero-order valence-electron chi connectivity index (χ0n) is 11.3. The van der Waals surface area contributed by atoms with E-state index in [1.54, 1.807) is 0 Å². The van der Waals surface area contributed by atoms with Crippen molar-refractivity contribution in [3.8, 4) is 0 Å². The van der Waals surface area contributed by atoms with Crippen molar-refractivity contribution in [1.82, 2.24) is 0 Å². The highest BCUT2D eigenvalue weighted by molar-refractivity contribution is 5.76. The minimum Gasteiger partial charge on any atom is -0.387 e. The summed E-state index contributed by atoms with van der Waals surface area (Å²) < 4.78 is 0. The van der Waals surface area contributed by atoms with Gasteiger partial charge < -0.3 is 5.11 Å². The van der Waals surface area contributed by atoms with Crippen LogP contribution in [0.5, 0.6) is 0 Å². The fourth-order valence-corrected chi connectivity index (χ4v) is 3.44. The van der Waals surface area contributed by atoms with Crippen LogP contribution in [-0.2, 0) is 6.42 Å². The summed E-state index contributed by atoms with van der Waals surface area (Å²) in [6.07, 6.45) is 11.9. The number of allylic oxidation sites excluding steroid dienone is 1. The minimum absolute atomic E-state index is 0.450. The summed E-state index contributed by atoms with van der Waals surface area (Å²) in [5, 5.41) is 11.1. The van der Waals surface area contributed by atoms with Gasteiger partial charge in [-0.1, -0.05) is 55.7 Å². The molecule has 1 fully saturated rings. The van der Waals surface area contributed by atoms with E-state index in [9.17, 15) is 5.11 Å². The molecule has 0 spiro atoms. The number of rotatable bonds is 3. The third kappa shape index (κ3) is 2.25. The van der Waals surface area contributed by atoms with Gasteiger partial charge in [-0.3, -0.25) is 4.99 Å². The lowest BCUT2D eigenvalue weighted by atomic mass is 9.68. The van der Waals surface area contributed by atoms with E-state index < -0.39 is 11.1 Å². The Kier molecular flexibility index (Phi) is 3.28. The molecule has 0 bridgehead atoms. The van der Waals surface area contributed by atoms with Crippen molar-refractivity contribution in [1.29, 1.82) is 0 Å². The maximum absolute atomic E-state index is 11.1. The molecular formula is C17H21NO. The molecule has 1 aliphatic heterocycles. The number of aliphatic hydroxyl groups is 1. The molecule has 1 aromatic rings. The van der Waals surface area contributed by atoms with E-state index in [2.05, 4.69) is 35.3 Å². The van der Waals surface area contributed by atoms with Crippen LogP contribution in [0.4, 0.5) is 0 Å². The first-order valence-corrected chi connectivity index (χ1v) is 7.24. The third-order valence-electron chi connectivity index (χ3n) is 4.57. The van der Waals surface area contributed by atoms with E-state index in [1.807, 2.05) is 18.4 Å². The number of hydrogen-bond acceptors (Lipinski definition) is 2. The highest BCUT2D eigenvalue weighted by Gasteiger charge is 2.49. The lowest BCUT2D eigenvalue weighted by molar-refractivity contribution is -0.0448.